The Hall–Kier alpha value is -1.76. The minimum atomic E-state index is -3.90. The van der Waals surface area contributed by atoms with Gasteiger partial charge in [0.15, 0.2) is 0 Å². The van der Waals surface area contributed by atoms with Crippen LogP contribution in [0.3, 0.4) is 0 Å². The van der Waals surface area contributed by atoms with Crippen LogP contribution in [0.2, 0.25) is 5.02 Å². The minimum absolute atomic E-state index is 0.0635. The third kappa shape index (κ3) is 3.21. The summed E-state index contributed by atoms with van der Waals surface area (Å²) in [5, 5.41) is 0.470. The van der Waals surface area contributed by atoms with Gasteiger partial charge in [0, 0.05) is 29.1 Å². The Morgan fingerprint density at radius 3 is 2.72 bits per heavy atom. The first-order valence-corrected chi connectivity index (χ1v) is 9.90. The summed E-state index contributed by atoms with van der Waals surface area (Å²) in [6.45, 7) is 1.91. The van der Waals surface area contributed by atoms with Crippen LogP contribution in [0.5, 0.6) is 11.5 Å². The number of piperidine rings is 1. The lowest BCUT2D eigenvalue weighted by molar-refractivity contribution is 0.108. The molecule has 2 aliphatic heterocycles. The number of hydrogen-bond acceptors (Lipinski definition) is 5. The molecule has 0 aliphatic carbocycles. The van der Waals surface area contributed by atoms with E-state index in [1.807, 2.05) is 6.07 Å². The van der Waals surface area contributed by atoms with Gasteiger partial charge in [-0.1, -0.05) is 17.7 Å². The fraction of sp³-hybridized carbons (Fsp3) is 0.333. The van der Waals surface area contributed by atoms with Crippen LogP contribution in [-0.2, 0) is 10.1 Å². The van der Waals surface area contributed by atoms with Crippen LogP contribution >= 0.6 is 11.6 Å². The Morgan fingerprint density at radius 1 is 1.20 bits per heavy atom. The molecule has 4 rings (SSSR count). The van der Waals surface area contributed by atoms with E-state index in [4.69, 9.17) is 20.5 Å². The fourth-order valence-electron chi connectivity index (χ4n) is 3.46. The summed E-state index contributed by atoms with van der Waals surface area (Å²) in [6, 6.07) is 11.2. The predicted octanol–water partition coefficient (Wildman–Crippen LogP) is 3.29. The molecule has 25 heavy (non-hydrogen) atoms. The van der Waals surface area contributed by atoms with Crippen molar-refractivity contribution in [3.8, 4) is 11.5 Å². The fourth-order valence-corrected chi connectivity index (χ4v) is 4.51. The number of nitrogens with zero attached hydrogens (tertiary/aromatic N) is 1. The molecule has 1 saturated heterocycles. The van der Waals surface area contributed by atoms with E-state index in [1.165, 1.54) is 24.3 Å². The van der Waals surface area contributed by atoms with Gasteiger partial charge in [-0.15, -0.1) is 0 Å². The molecule has 0 spiro atoms. The average molecular weight is 380 g/mol. The number of likely N-dealkylation sites (N-methyl/N-ethyl adjacent to an activating group) is 1. The third-order valence-electron chi connectivity index (χ3n) is 4.73. The number of fused-ring (bicyclic) bond motifs is 3. The molecule has 1 fully saturated rings. The van der Waals surface area contributed by atoms with Crippen molar-refractivity contribution in [2.75, 3.05) is 20.1 Å². The van der Waals surface area contributed by atoms with Crippen molar-refractivity contribution in [3.63, 3.8) is 0 Å². The summed E-state index contributed by atoms with van der Waals surface area (Å²) in [5.74, 6) is 1.34. The number of hydrogen-bond donors (Lipinski definition) is 0. The smallest absolute Gasteiger partial charge is 0.339 e. The van der Waals surface area contributed by atoms with Gasteiger partial charge in [-0.2, -0.15) is 8.42 Å². The van der Waals surface area contributed by atoms with Gasteiger partial charge in [-0.05, 0) is 50.3 Å². The van der Waals surface area contributed by atoms with E-state index < -0.39 is 10.1 Å². The Labute approximate surface area is 152 Å². The Balaban J connectivity index is 1.57. The zero-order chi connectivity index (χ0) is 17.6. The van der Waals surface area contributed by atoms with E-state index in [-0.39, 0.29) is 16.7 Å². The van der Waals surface area contributed by atoms with E-state index in [9.17, 15) is 8.42 Å². The zero-order valence-electron chi connectivity index (χ0n) is 13.7. The Kier molecular flexibility index (Phi) is 4.14. The highest BCUT2D eigenvalue weighted by molar-refractivity contribution is 7.87. The number of benzene rings is 2. The van der Waals surface area contributed by atoms with Gasteiger partial charge in [0.2, 0.25) is 0 Å². The highest BCUT2D eigenvalue weighted by atomic mass is 35.5. The lowest BCUT2D eigenvalue weighted by Crippen LogP contribution is -2.40. The van der Waals surface area contributed by atoms with Gasteiger partial charge in [0.1, 0.15) is 22.5 Å². The molecule has 2 heterocycles. The normalized spacial score (nSPS) is 22.8. The molecule has 7 heteroatoms. The van der Waals surface area contributed by atoms with Gasteiger partial charge in [0.05, 0.1) is 0 Å². The first-order chi connectivity index (χ1) is 11.9. The molecule has 0 aromatic heterocycles. The standard InChI is InChI=1S/C18H18ClNO4S/c1-20-9-8-16-15-7-4-13(10-17(15)23-18(16)11-20)24-25(21,22)14-5-2-12(19)3-6-14/h2-7,10,16,18H,8-9,11H2,1H3. The Bertz CT molecular complexity index is 898. The second kappa shape index (κ2) is 6.20. The van der Waals surface area contributed by atoms with Crippen LogP contribution in [0.1, 0.15) is 17.9 Å². The average Bonchev–Trinajstić information content (AvgIpc) is 2.91. The van der Waals surface area contributed by atoms with E-state index in [1.54, 1.807) is 12.1 Å². The van der Waals surface area contributed by atoms with E-state index >= 15 is 0 Å². The Morgan fingerprint density at radius 2 is 1.96 bits per heavy atom. The monoisotopic (exact) mass is 379 g/mol. The first kappa shape index (κ1) is 16.7. The number of likely N-dealkylation sites (tertiary alicyclic amines) is 1. The van der Waals surface area contributed by atoms with Crippen molar-refractivity contribution in [1.29, 1.82) is 0 Å². The molecular formula is C18H18ClNO4S. The van der Waals surface area contributed by atoms with Gasteiger partial charge < -0.3 is 13.8 Å². The number of halogens is 1. The number of rotatable bonds is 3. The second-order valence-electron chi connectivity index (χ2n) is 6.50. The molecule has 0 N–H and O–H groups in total. The summed E-state index contributed by atoms with van der Waals surface area (Å²) in [5.41, 5.74) is 1.13. The maximum absolute atomic E-state index is 12.4. The maximum Gasteiger partial charge on any atom is 0.339 e. The molecule has 0 radical (unpaired) electrons. The quantitative estimate of drug-likeness (QED) is 0.766. The molecule has 0 saturated carbocycles. The van der Waals surface area contributed by atoms with E-state index in [0.29, 0.717) is 16.7 Å². The van der Waals surface area contributed by atoms with Crippen LogP contribution in [0.15, 0.2) is 47.4 Å². The largest absolute Gasteiger partial charge is 0.488 e. The summed E-state index contributed by atoms with van der Waals surface area (Å²) in [6.07, 6.45) is 1.16. The van der Waals surface area contributed by atoms with Gasteiger partial charge in [-0.3, -0.25) is 0 Å². The zero-order valence-corrected chi connectivity index (χ0v) is 15.3. The van der Waals surface area contributed by atoms with Crippen LogP contribution in [-0.4, -0.2) is 39.6 Å². The maximum atomic E-state index is 12.4. The topological polar surface area (TPSA) is 55.8 Å². The highest BCUT2D eigenvalue weighted by Gasteiger charge is 2.38. The molecular weight excluding hydrogens is 362 g/mol. The molecule has 132 valence electrons. The van der Waals surface area contributed by atoms with Crippen molar-refractivity contribution >= 4 is 21.7 Å². The molecule has 2 unspecified atom stereocenters. The molecule has 2 aromatic rings. The molecule has 2 aliphatic rings. The van der Waals surface area contributed by atoms with Gasteiger partial charge in [0.25, 0.3) is 0 Å². The SMILES string of the molecule is CN1CCC2c3ccc(OS(=O)(=O)c4ccc(Cl)cc4)cc3OC2C1. The summed E-state index contributed by atoms with van der Waals surface area (Å²) in [4.78, 5) is 2.31. The minimum Gasteiger partial charge on any atom is -0.488 e. The summed E-state index contributed by atoms with van der Waals surface area (Å²) >= 11 is 5.80. The molecule has 0 amide bonds. The van der Waals surface area contributed by atoms with Crippen molar-refractivity contribution in [2.24, 2.45) is 0 Å². The van der Waals surface area contributed by atoms with Crippen LogP contribution in [0.4, 0.5) is 0 Å². The highest BCUT2D eigenvalue weighted by Crippen LogP contribution is 2.44. The van der Waals surface area contributed by atoms with Crippen molar-refractivity contribution in [3.05, 3.63) is 53.1 Å². The van der Waals surface area contributed by atoms with Crippen LogP contribution in [0.25, 0.3) is 0 Å². The molecule has 5 nitrogen and oxygen atoms in total. The van der Waals surface area contributed by atoms with E-state index in [2.05, 4.69) is 11.9 Å². The van der Waals surface area contributed by atoms with Crippen molar-refractivity contribution < 1.29 is 17.3 Å². The first-order valence-electron chi connectivity index (χ1n) is 8.11. The van der Waals surface area contributed by atoms with Crippen LogP contribution < -0.4 is 8.92 Å². The number of ether oxygens (including phenoxy) is 1. The molecule has 2 aromatic carbocycles. The van der Waals surface area contributed by atoms with Crippen LogP contribution in [0, 0.1) is 0 Å². The van der Waals surface area contributed by atoms with Crippen molar-refractivity contribution in [1.82, 2.24) is 4.90 Å². The lowest BCUT2D eigenvalue weighted by Gasteiger charge is -2.31. The molecule has 2 atom stereocenters. The summed E-state index contributed by atoms with van der Waals surface area (Å²) < 4.78 is 36.1. The lowest BCUT2D eigenvalue weighted by atomic mass is 9.89. The second-order valence-corrected chi connectivity index (χ2v) is 8.49. The molecule has 0 bridgehead atoms. The summed E-state index contributed by atoms with van der Waals surface area (Å²) in [7, 11) is -1.83. The van der Waals surface area contributed by atoms with Gasteiger partial charge in [-0.25, -0.2) is 0 Å². The predicted molar refractivity (Wildman–Crippen MR) is 95.0 cm³/mol. The van der Waals surface area contributed by atoms with E-state index in [0.717, 1.165) is 25.1 Å². The van der Waals surface area contributed by atoms with Crippen molar-refractivity contribution in [2.45, 2.75) is 23.3 Å². The third-order valence-corrected chi connectivity index (χ3v) is 6.25. The van der Waals surface area contributed by atoms with Gasteiger partial charge >= 0.3 is 10.1 Å².